The van der Waals surface area contributed by atoms with E-state index >= 15 is 0 Å². The summed E-state index contributed by atoms with van der Waals surface area (Å²) in [6.45, 7) is 11.4. The fourth-order valence-electron chi connectivity index (χ4n) is 2.40. The summed E-state index contributed by atoms with van der Waals surface area (Å²) in [6, 6.07) is 5.88. The first-order valence-corrected chi connectivity index (χ1v) is 10.0. The summed E-state index contributed by atoms with van der Waals surface area (Å²) in [4.78, 5) is 32.9. The second kappa shape index (κ2) is 8.89. The summed E-state index contributed by atoms with van der Waals surface area (Å²) in [5.41, 5.74) is -0.00364. The van der Waals surface area contributed by atoms with Crippen LogP contribution in [0.4, 0.5) is 0 Å². The number of hydrogen-bond acceptors (Lipinski definition) is 10. The molecule has 3 rings (SSSR count). The summed E-state index contributed by atoms with van der Waals surface area (Å²) in [5, 5.41) is 7.76. The molecule has 0 radical (unpaired) electrons. The van der Waals surface area contributed by atoms with Crippen molar-refractivity contribution in [2.24, 2.45) is 0 Å². The molecule has 0 N–H and O–H groups in total. The van der Waals surface area contributed by atoms with E-state index in [-0.39, 0.29) is 47.0 Å². The van der Waals surface area contributed by atoms with Crippen LogP contribution in [0.15, 0.2) is 33.3 Å². The molecule has 0 atom stereocenters. The van der Waals surface area contributed by atoms with Crippen molar-refractivity contribution in [1.29, 1.82) is 0 Å². The molecule has 2 aromatic heterocycles. The molecule has 0 spiro atoms. The molecular formula is C22H26N4O6. The second-order valence-electron chi connectivity index (χ2n) is 9.25. The summed E-state index contributed by atoms with van der Waals surface area (Å²) in [7, 11) is 0. The van der Waals surface area contributed by atoms with Gasteiger partial charge in [-0.1, -0.05) is 51.9 Å². The number of esters is 2. The number of ether oxygens (including phenoxy) is 2. The zero-order valence-corrected chi connectivity index (χ0v) is 19.0. The molecule has 0 aliphatic heterocycles. The smallest absolute Gasteiger partial charge is 0.338 e. The molecule has 0 aliphatic rings. The van der Waals surface area contributed by atoms with Crippen LogP contribution >= 0.6 is 0 Å². The Labute approximate surface area is 185 Å². The van der Waals surface area contributed by atoms with Crippen molar-refractivity contribution < 1.29 is 28.1 Å². The fraction of sp³-hybridized carbons (Fsp3) is 0.455. The first kappa shape index (κ1) is 23.1. The third kappa shape index (κ3) is 5.77. The Bertz CT molecular complexity index is 1000. The Hall–Kier alpha value is -3.56. The van der Waals surface area contributed by atoms with Crippen LogP contribution in [0.1, 0.15) is 85.7 Å². The number of carbonyl (C=O) groups excluding carboxylic acids is 2. The molecule has 170 valence electrons. The molecule has 0 fully saturated rings. The molecule has 2 heterocycles. The Morgan fingerprint density at radius 3 is 1.34 bits per heavy atom. The van der Waals surface area contributed by atoms with E-state index in [0.29, 0.717) is 11.6 Å². The molecule has 0 saturated carbocycles. The van der Waals surface area contributed by atoms with Gasteiger partial charge in [0.15, 0.2) is 24.9 Å². The first-order valence-electron chi connectivity index (χ1n) is 10.0. The summed E-state index contributed by atoms with van der Waals surface area (Å²) >= 11 is 0. The minimum Gasteiger partial charge on any atom is -0.452 e. The number of carbonyl (C=O) groups is 2. The van der Waals surface area contributed by atoms with Gasteiger partial charge in [-0.2, -0.15) is 9.97 Å². The van der Waals surface area contributed by atoms with Gasteiger partial charge in [-0.3, -0.25) is 0 Å². The van der Waals surface area contributed by atoms with Crippen LogP contribution in [-0.2, 0) is 33.5 Å². The predicted molar refractivity (Wildman–Crippen MR) is 111 cm³/mol. The number of aromatic nitrogens is 4. The monoisotopic (exact) mass is 442 g/mol. The lowest BCUT2D eigenvalue weighted by molar-refractivity contribution is 0.0417. The largest absolute Gasteiger partial charge is 0.452 e. The van der Waals surface area contributed by atoms with Crippen molar-refractivity contribution in [2.45, 2.75) is 65.6 Å². The molecule has 3 aromatic rings. The standard InChI is InChI=1S/C22H26N4O6/c1-21(2,3)19-23-15(31-25-19)11-29-17(27)13-7-9-14(10-8-13)18(28)30-12-16-24-20(26-32-16)22(4,5)6/h7-10H,11-12H2,1-6H3. The molecule has 0 unspecified atom stereocenters. The van der Waals surface area contributed by atoms with E-state index in [0.717, 1.165) is 0 Å². The highest BCUT2D eigenvalue weighted by Gasteiger charge is 2.23. The van der Waals surface area contributed by atoms with Crippen molar-refractivity contribution in [1.82, 2.24) is 20.3 Å². The normalized spacial score (nSPS) is 11.9. The molecule has 10 heteroatoms. The Morgan fingerprint density at radius 1 is 0.719 bits per heavy atom. The van der Waals surface area contributed by atoms with E-state index in [1.807, 2.05) is 41.5 Å². The van der Waals surface area contributed by atoms with Crippen molar-refractivity contribution in [3.05, 3.63) is 58.8 Å². The third-order valence-corrected chi connectivity index (χ3v) is 4.29. The maximum absolute atomic E-state index is 12.2. The van der Waals surface area contributed by atoms with Crippen LogP contribution in [0, 0.1) is 0 Å². The van der Waals surface area contributed by atoms with Gasteiger partial charge in [0, 0.05) is 10.8 Å². The van der Waals surface area contributed by atoms with Gasteiger partial charge in [0.1, 0.15) is 0 Å². The average molecular weight is 442 g/mol. The van der Waals surface area contributed by atoms with Crippen LogP contribution in [-0.4, -0.2) is 32.2 Å². The van der Waals surface area contributed by atoms with Crippen molar-refractivity contribution in [3.63, 3.8) is 0 Å². The maximum Gasteiger partial charge on any atom is 0.338 e. The molecule has 1 aromatic carbocycles. The summed E-state index contributed by atoms with van der Waals surface area (Å²) in [5.74, 6) is 0.309. The van der Waals surface area contributed by atoms with Gasteiger partial charge in [0.05, 0.1) is 11.1 Å². The minimum absolute atomic E-state index is 0.146. The van der Waals surface area contributed by atoms with Gasteiger partial charge in [-0.25, -0.2) is 9.59 Å². The Balaban J connectivity index is 1.52. The van der Waals surface area contributed by atoms with Gasteiger partial charge in [0.25, 0.3) is 11.8 Å². The topological polar surface area (TPSA) is 130 Å². The number of hydrogen-bond donors (Lipinski definition) is 0. The molecule has 0 saturated heterocycles. The van der Waals surface area contributed by atoms with Crippen LogP contribution in [0.25, 0.3) is 0 Å². The third-order valence-electron chi connectivity index (χ3n) is 4.29. The lowest BCUT2D eigenvalue weighted by Crippen LogP contribution is -2.13. The highest BCUT2D eigenvalue weighted by molar-refractivity contribution is 5.93. The van der Waals surface area contributed by atoms with Crippen LogP contribution in [0.2, 0.25) is 0 Å². The Kier molecular flexibility index (Phi) is 6.42. The van der Waals surface area contributed by atoms with Crippen LogP contribution in [0.3, 0.4) is 0 Å². The fourth-order valence-corrected chi connectivity index (χ4v) is 2.40. The van der Waals surface area contributed by atoms with Crippen molar-refractivity contribution >= 4 is 11.9 Å². The first-order chi connectivity index (χ1) is 14.9. The zero-order chi connectivity index (χ0) is 23.5. The molecule has 10 nitrogen and oxygen atoms in total. The quantitative estimate of drug-likeness (QED) is 0.520. The zero-order valence-electron chi connectivity index (χ0n) is 19.0. The number of nitrogens with zero attached hydrogens (tertiary/aromatic N) is 4. The van der Waals surface area contributed by atoms with Crippen molar-refractivity contribution in [2.75, 3.05) is 0 Å². The average Bonchev–Trinajstić information content (AvgIpc) is 3.39. The Morgan fingerprint density at radius 2 is 1.06 bits per heavy atom. The molecular weight excluding hydrogens is 416 g/mol. The van der Waals surface area contributed by atoms with Crippen LogP contribution < -0.4 is 0 Å². The van der Waals surface area contributed by atoms with E-state index in [9.17, 15) is 9.59 Å². The highest BCUT2D eigenvalue weighted by Crippen LogP contribution is 2.20. The minimum atomic E-state index is -0.582. The van der Waals surface area contributed by atoms with Gasteiger partial charge in [-0.05, 0) is 24.3 Å². The van der Waals surface area contributed by atoms with Crippen molar-refractivity contribution in [3.8, 4) is 0 Å². The lowest BCUT2D eigenvalue weighted by Gasteiger charge is -2.10. The maximum atomic E-state index is 12.2. The molecule has 0 amide bonds. The van der Waals surface area contributed by atoms with E-state index in [1.54, 1.807) is 0 Å². The predicted octanol–water partition coefficient (Wildman–Crippen LogP) is 3.76. The van der Waals surface area contributed by atoms with E-state index < -0.39 is 11.9 Å². The number of benzene rings is 1. The SMILES string of the molecule is CC(C)(C)c1noc(COC(=O)c2ccc(C(=O)OCc3nc(C(C)(C)C)no3)cc2)n1. The molecule has 0 aliphatic carbocycles. The lowest BCUT2D eigenvalue weighted by atomic mass is 9.96. The van der Waals surface area contributed by atoms with Gasteiger partial charge in [0.2, 0.25) is 0 Å². The highest BCUT2D eigenvalue weighted by atomic mass is 16.6. The summed E-state index contributed by atoms with van der Waals surface area (Å²) < 4.78 is 20.6. The van der Waals surface area contributed by atoms with Gasteiger partial charge in [-0.15, -0.1) is 0 Å². The summed E-state index contributed by atoms with van der Waals surface area (Å²) in [6.07, 6.45) is 0. The molecule has 0 bridgehead atoms. The number of rotatable bonds is 6. The molecule has 32 heavy (non-hydrogen) atoms. The van der Waals surface area contributed by atoms with E-state index in [2.05, 4.69) is 20.3 Å². The van der Waals surface area contributed by atoms with Crippen LogP contribution in [0.5, 0.6) is 0 Å². The van der Waals surface area contributed by atoms with E-state index in [4.69, 9.17) is 18.5 Å². The van der Waals surface area contributed by atoms with Gasteiger partial charge < -0.3 is 18.5 Å². The van der Waals surface area contributed by atoms with Gasteiger partial charge >= 0.3 is 11.9 Å². The van der Waals surface area contributed by atoms with E-state index in [1.165, 1.54) is 24.3 Å². The second-order valence-corrected chi connectivity index (χ2v) is 9.25.